The van der Waals surface area contributed by atoms with Gasteiger partial charge < -0.3 is 10.2 Å². The van der Waals surface area contributed by atoms with E-state index in [0.29, 0.717) is 11.9 Å². The number of fused-ring (bicyclic) bond motifs is 2. The fourth-order valence-electron chi connectivity index (χ4n) is 4.73. The van der Waals surface area contributed by atoms with Crippen molar-refractivity contribution in [3.05, 3.63) is 0 Å². The van der Waals surface area contributed by atoms with Crippen LogP contribution in [0.2, 0.25) is 0 Å². The Morgan fingerprint density at radius 1 is 1.32 bits per heavy atom. The number of hydrogen-bond acceptors (Lipinski definition) is 2. The minimum absolute atomic E-state index is 0.0981. The summed E-state index contributed by atoms with van der Waals surface area (Å²) in [6.45, 7) is 6.38. The summed E-state index contributed by atoms with van der Waals surface area (Å²) in [4.78, 5) is 14.7. The van der Waals surface area contributed by atoms with Crippen molar-refractivity contribution in [3.63, 3.8) is 0 Å². The summed E-state index contributed by atoms with van der Waals surface area (Å²) >= 11 is 0. The molecule has 1 aliphatic heterocycles. The highest BCUT2D eigenvalue weighted by atomic mass is 16.2. The van der Waals surface area contributed by atoms with E-state index in [4.69, 9.17) is 0 Å². The summed E-state index contributed by atoms with van der Waals surface area (Å²) in [6.07, 6.45) is 7.79. The first-order valence-electron chi connectivity index (χ1n) is 8.24. The van der Waals surface area contributed by atoms with Gasteiger partial charge in [-0.05, 0) is 63.3 Å². The molecule has 1 amide bonds. The van der Waals surface area contributed by atoms with Crippen LogP contribution < -0.4 is 5.32 Å². The van der Waals surface area contributed by atoms with E-state index >= 15 is 0 Å². The Hall–Kier alpha value is -0.570. The quantitative estimate of drug-likeness (QED) is 0.827. The Morgan fingerprint density at radius 3 is 2.79 bits per heavy atom. The molecule has 2 bridgehead atoms. The van der Waals surface area contributed by atoms with E-state index in [1.54, 1.807) is 0 Å². The Balaban J connectivity index is 1.59. The van der Waals surface area contributed by atoms with Gasteiger partial charge in [-0.1, -0.05) is 13.3 Å². The van der Waals surface area contributed by atoms with Crippen molar-refractivity contribution in [2.24, 2.45) is 17.8 Å². The Kier molecular flexibility index (Phi) is 3.84. The summed E-state index contributed by atoms with van der Waals surface area (Å²) < 4.78 is 0. The van der Waals surface area contributed by atoms with Crippen LogP contribution in [0.1, 0.15) is 52.4 Å². The largest absolute Gasteiger partial charge is 0.338 e. The fourth-order valence-corrected chi connectivity index (χ4v) is 4.73. The first-order valence-corrected chi connectivity index (χ1v) is 8.24. The molecule has 5 atom stereocenters. The Morgan fingerprint density at radius 2 is 2.16 bits per heavy atom. The number of rotatable bonds is 5. The zero-order valence-electron chi connectivity index (χ0n) is 12.4. The van der Waals surface area contributed by atoms with Crippen LogP contribution in [0.15, 0.2) is 0 Å². The van der Waals surface area contributed by atoms with Gasteiger partial charge >= 0.3 is 0 Å². The van der Waals surface area contributed by atoms with Gasteiger partial charge in [0.05, 0.1) is 6.04 Å². The zero-order chi connectivity index (χ0) is 13.4. The number of carbonyl (C=O) groups excluding carboxylic acids is 1. The lowest BCUT2D eigenvalue weighted by molar-refractivity contribution is -0.132. The van der Waals surface area contributed by atoms with E-state index in [0.717, 1.165) is 43.7 Å². The van der Waals surface area contributed by atoms with Crippen molar-refractivity contribution in [3.8, 4) is 0 Å². The van der Waals surface area contributed by atoms with Crippen LogP contribution in [0, 0.1) is 17.8 Å². The van der Waals surface area contributed by atoms with E-state index in [1.807, 2.05) is 0 Å². The maximum absolute atomic E-state index is 12.5. The summed E-state index contributed by atoms with van der Waals surface area (Å²) in [5, 5.41) is 3.40. The number of nitrogens with one attached hydrogen (secondary N) is 1. The molecule has 0 aromatic rings. The molecule has 108 valence electrons. The molecule has 0 spiro atoms. The van der Waals surface area contributed by atoms with Crippen molar-refractivity contribution in [2.45, 2.75) is 64.5 Å². The predicted octanol–water partition coefficient (Wildman–Crippen LogP) is 2.41. The van der Waals surface area contributed by atoms with E-state index in [-0.39, 0.29) is 6.04 Å². The summed E-state index contributed by atoms with van der Waals surface area (Å²) in [5.74, 6) is 3.04. The monoisotopic (exact) mass is 264 g/mol. The third-order valence-corrected chi connectivity index (χ3v) is 5.78. The molecule has 3 aliphatic rings. The molecule has 2 aliphatic carbocycles. The Labute approximate surface area is 117 Å². The van der Waals surface area contributed by atoms with Crippen molar-refractivity contribution < 1.29 is 4.79 Å². The third kappa shape index (κ3) is 2.42. The van der Waals surface area contributed by atoms with Gasteiger partial charge in [-0.15, -0.1) is 0 Å². The molecule has 0 radical (unpaired) electrons. The second-order valence-electron chi connectivity index (χ2n) is 6.91. The second-order valence-corrected chi connectivity index (χ2v) is 6.91. The predicted molar refractivity (Wildman–Crippen MR) is 76.8 cm³/mol. The van der Waals surface area contributed by atoms with Crippen LogP contribution in [0.4, 0.5) is 0 Å². The van der Waals surface area contributed by atoms with Crippen molar-refractivity contribution in [1.82, 2.24) is 10.2 Å². The first-order chi connectivity index (χ1) is 9.20. The lowest BCUT2D eigenvalue weighted by Gasteiger charge is -2.34. The SMILES string of the molecule is CCCNC1CCN(C(C)C2CC3CCC2C3)C1=O. The third-order valence-electron chi connectivity index (χ3n) is 5.78. The van der Waals surface area contributed by atoms with E-state index < -0.39 is 0 Å². The lowest BCUT2D eigenvalue weighted by Crippen LogP contribution is -2.45. The smallest absolute Gasteiger partial charge is 0.240 e. The number of amides is 1. The van der Waals surface area contributed by atoms with Gasteiger partial charge in [0.1, 0.15) is 0 Å². The zero-order valence-corrected chi connectivity index (χ0v) is 12.4. The molecule has 3 fully saturated rings. The highest BCUT2D eigenvalue weighted by Crippen LogP contribution is 2.50. The van der Waals surface area contributed by atoms with E-state index in [1.165, 1.54) is 25.7 Å². The van der Waals surface area contributed by atoms with Gasteiger partial charge in [0, 0.05) is 12.6 Å². The molecule has 2 saturated carbocycles. The highest BCUT2D eigenvalue weighted by Gasteiger charge is 2.45. The fraction of sp³-hybridized carbons (Fsp3) is 0.938. The van der Waals surface area contributed by atoms with Crippen molar-refractivity contribution in [1.29, 1.82) is 0 Å². The number of likely N-dealkylation sites (tertiary alicyclic amines) is 1. The van der Waals surface area contributed by atoms with Gasteiger partial charge in [0.2, 0.25) is 5.91 Å². The number of carbonyl (C=O) groups is 1. The molecule has 3 rings (SSSR count). The first kappa shape index (κ1) is 13.4. The summed E-state index contributed by atoms with van der Waals surface area (Å²) in [5.41, 5.74) is 0. The molecule has 19 heavy (non-hydrogen) atoms. The molecular weight excluding hydrogens is 236 g/mol. The van der Waals surface area contributed by atoms with Gasteiger partial charge in [0.15, 0.2) is 0 Å². The number of nitrogens with zero attached hydrogens (tertiary/aromatic N) is 1. The van der Waals surface area contributed by atoms with Crippen LogP contribution in [0.5, 0.6) is 0 Å². The van der Waals surface area contributed by atoms with Crippen LogP contribution in [-0.4, -0.2) is 36.0 Å². The molecule has 1 saturated heterocycles. The summed E-state index contributed by atoms with van der Waals surface area (Å²) in [7, 11) is 0. The molecular formula is C16H28N2O. The molecule has 0 aromatic heterocycles. The average molecular weight is 264 g/mol. The van der Waals surface area contributed by atoms with Crippen LogP contribution in [0.25, 0.3) is 0 Å². The van der Waals surface area contributed by atoms with Crippen molar-refractivity contribution >= 4 is 5.91 Å². The Bertz CT molecular complexity index is 344. The average Bonchev–Trinajstić information content (AvgIpc) is 3.11. The molecule has 3 nitrogen and oxygen atoms in total. The minimum Gasteiger partial charge on any atom is -0.338 e. The van der Waals surface area contributed by atoms with Gasteiger partial charge in [-0.2, -0.15) is 0 Å². The molecule has 3 heteroatoms. The topological polar surface area (TPSA) is 32.3 Å². The van der Waals surface area contributed by atoms with Gasteiger partial charge in [0.25, 0.3) is 0 Å². The molecule has 0 aromatic carbocycles. The molecule has 5 unspecified atom stereocenters. The minimum atomic E-state index is 0.0981. The van der Waals surface area contributed by atoms with E-state index in [9.17, 15) is 4.79 Å². The second kappa shape index (κ2) is 5.43. The molecule has 1 N–H and O–H groups in total. The standard InChI is InChI=1S/C16H28N2O/c1-3-7-17-15-6-8-18(16(15)19)11(2)14-10-12-4-5-13(14)9-12/h11-15,17H,3-10H2,1-2H3. The summed E-state index contributed by atoms with van der Waals surface area (Å²) in [6, 6.07) is 0.567. The lowest BCUT2D eigenvalue weighted by atomic mass is 9.83. The molecule has 1 heterocycles. The maximum Gasteiger partial charge on any atom is 0.240 e. The van der Waals surface area contributed by atoms with Gasteiger partial charge in [-0.25, -0.2) is 0 Å². The van der Waals surface area contributed by atoms with Crippen LogP contribution in [0.3, 0.4) is 0 Å². The van der Waals surface area contributed by atoms with Crippen LogP contribution in [-0.2, 0) is 4.79 Å². The maximum atomic E-state index is 12.5. The van der Waals surface area contributed by atoms with Gasteiger partial charge in [-0.3, -0.25) is 4.79 Å². The number of hydrogen-bond donors (Lipinski definition) is 1. The van der Waals surface area contributed by atoms with E-state index in [2.05, 4.69) is 24.1 Å². The van der Waals surface area contributed by atoms with Crippen LogP contribution >= 0.6 is 0 Å². The highest BCUT2D eigenvalue weighted by molar-refractivity contribution is 5.84. The normalized spacial score (nSPS) is 39.3. The van der Waals surface area contributed by atoms with Crippen molar-refractivity contribution in [2.75, 3.05) is 13.1 Å².